The molecule has 17 heavy (non-hydrogen) atoms. The van der Waals surface area contributed by atoms with Gasteiger partial charge in [0.1, 0.15) is 0 Å². The lowest BCUT2D eigenvalue weighted by Crippen LogP contribution is -2.24. The summed E-state index contributed by atoms with van der Waals surface area (Å²) in [5.74, 6) is -0.743. The molecule has 0 saturated carbocycles. The van der Waals surface area contributed by atoms with Gasteiger partial charge in [-0.05, 0) is 19.3 Å². The number of hydrogen-bond donors (Lipinski definition) is 2. The van der Waals surface area contributed by atoms with Crippen LogP contribution in [0.4, 0.5) is 0 Å². The normalized spacial score (nSPS) is 10.2. The number of unbranched alkanes of at least 4 members (excludes halogenated alkanes) is 5. The highest BCUT2D eigenvalue weighted by atomic mass is 16.4. The predicted octanol–water partition coefficient (Wildman–Crippen LogP) is 2.72. The first-order valence-electron chi connectivity index (χ1n) is 6.65. The van der Waals surface area contributed by atoms with E-state index in [1.165, 1.54) is 25.7 Å². The van der Waals surface area contributed by atoms with Gasteiger partial charge in [0, 0.05) is 19.4 Å². The Balaban J connectivity index is 3.20. The maximum Gasteiger partial charge on any atom is 0.303 e. The summed E-state index contributed by atoms with van der Waals surface area (Å²) in [7, 11) is 0. The second-order valence-electron chi connectivity index (χ2n) is 4.37. The highest BCUT2D eigenvalue weighted by Crippen LogP contribution is 2.02. The molecule has 0 aromatic heterocycles. The summed E-state index contributed by atoms with van der Waals surface area (Å²) in [5, 5.41) is 11.3. The maximum atomic E-state index is 11.3. The minimum absolute atomic E-state index is 0.0471. The lowest BCUT2D eigenvalue weighted by Gasteiger charge is -2.04. The van der Waals surface area contributed by atoms with Crippen molar-refractivity contribution in [1.82, 2.24) is 5.32 Å². The molecule has 0 unspecified atom stereocenters. The van der Waals surface area contributed by atoms with Crippen molar-refractivity contribution in [1.29, 1.82) is 0 Å². The molecule has 0 spiro atoms. The number of amides is 1. The van der Waals surface area contributed by atoms with E-state index in [1.54, 1.807) is 0 Å². The molecule has 0 bridgehead atoms. The summed E-state index contributed by atoms with van der Waals surface area (Å²) >= 11 is 0. The van der Waals surface area contributed by atoms with E-state index in [-0.39, 0.29) is 12.3 Å². The molecule has 0 rings (SSSR count). The van der Waals surface area contributed by atoms with E-state index in [2.05, 4.69) is 12.2 Å². The average Bonchev–Trinajstić information content (AvgIpc) is 2.29. The van der Waals surface area contributed by atoms with Gasteiger partial charge in [0.15, 0.2) is 0 Å². The first-order valence-corrected chi connectivity index (χ1v) is 6.65. The van der Waals surface area contributed by atoms with E-state index >= 15 is 0 Å². The van der Waals surface area contributed by atoms with Crippen molar-refractivity contribution in [2.75, 3.05) is 6.54 Å². The van der Waals surface area contributed by atoms with E-state index in [9.17, 15) is 9.59 Å². The fourth-order valence-corrected chi connectivity index (χ4v) is 1.61. The quantitative estimate of drug-likeness (QED) is 0.548. The van der Waals surface area contributed by atoms with Gasteiger partial charge in [-0.1, -0.05) is 32.6 Å². The smallest absolute Gasteiger partial charge is 0.303 e. The first kappa shape index (κ1) is 15.9. The van der Waals surface area contributed by atoms with Crippen LogP contribution in [0, 0.1) is 0 Å². The van der Waals surface area contributed by atoms with Gasteiger partial charge in [0.25, 0.3) is 0 Å². The van der Waals surface area contributed by atoms with Crippen molar-refractivity contribution >= 4 is 11.9 Å². The van der Waals surface area contributed by atoms with E-state index in [4.69, 9.17) is 5.11 Å². The first-order chi connectivity index (χ1) is 8.16. The second kappa shape index (κ2) is 11.4. The van der Waals surface area contributed by atoms with Crippen molar-refractivity contribution in [2.45, 2.75) is 64.7 Å². The molecule has 2 N–H and O–H groups in total. The van der Waals surface area contributed by atoms with Crippen LogP contribution < -0.4 is 5.32 Å². The molecule has 0 saturated heterocycles. The van der Waals surface area contributed by atoms with Crippen LogP contribution in [0.5, 0.6) is 0 Å². The van der Waals surface area contributed by atoms with Crippen molar-refractivity contribution in [2.24, 2.45) is 0 Å². The van der Waals surface area contributed by atoms with E-state index in [1.807, 2.05) is 0 Å². The molecule has 4 heteroatoms. The molecule has 0 aliphatic rings. The van der Waals surface area contributed by atoms with Gasteiger partial charge in [-0.2, -0.15) is 0 Å². The molecule has 100 valence electrons. The summed E-state index contributed by atoms with van der Waals surface area (Å²) in [6, 6.07) is 0. The topological polar surface area (TPSA) is 66.4 Å². The molecule has 0 radical (unpaired) electrons. The monoisotopic (exact) mass is 243 g/mol. The molecular weight excluding hydrogens is 218 g/mol. The fraction of sp³-hybridized carbons (Fsp3) is 0.846. The third-order valence-corrected chi connectivity index (χ3v) is 2.65. The Morgan fingerprint density at radius 1 is 0.941 bits per heavy atom. The van der Waals surface area contributed by atoms with Gasteiger partial charge in [0.05, 0.1) is 0 Å². The van der Waals surface area contributed by atoms with Crippen LogP contribution in [0.3, 0.4) is 0 Å². The van der Waals surface area contributed by atoms with Crippen LogP contribution in [0.25, 0.3) is 0 Å². The third kappa shape index (κ3) is 12.9. The predicted molar refractivity (Wildman–Crippen MR) is 67.9 cm³/mol. The van der Waals surface area contributed by atoms with E-state index < -0.39 is 5.97 Å². The molecule has 0 atom stereocenters. The Bertz CT molecular complexity index is 217. The molecule has 0 heterocycles. The molecular formula is C13H25NO3. The van der Waals surface area contributed by atoms with Crippen LogP contribution >= 0.6 is 0 Å². The molecule has 1 amide bonds. The molecule has 0 aromatic carbocycles. The Hall–Kier alpha value is -1.06. The van der Waals surface area contributed by atoms with Crippen molar-refractivity contribution in [3.05, 3.63) is 0 Å². The third-order valence-electron chi connectivity index (χ3n) is 2.65. The average molecular weight is 243 g/mol. The molecule has 4 nitrogen and oxygen atoms in total. The van der Waals surface area contributed by atoms with E-state index in [0.717, 1.165) is 13.0 Å². The summed E-state index contributed by atoms with van der Waals surface area (Å²) in [4.78, 5) is 21.6. The SMILES string of the molecule is CCCCCCCNC(=O)CCCCC(=O)O. The molecule has 0 aliphatic heterocycles. The van der Waals surface area contributed by atoms with Gasteiger partial charge in [-0.15, -0.1) is 0 Å². The van der Waals surface area contributed by atoms with Crippen LogP contribution in [-0.2, 0) is 9.59 Å². The minimum Gasteiger partial charge on any atom is -0.481 e. The van der Waals surface area contributed by atoms with Gasteiger partial charge >= 0.3 is 5.97 Å². The number of rotatable bonds is 11. The molecule has 0 fully saturated rings. The zero-order valence-electron chi connectivity index (χ0n) is 10.8. The van der Waals surface area contributed by atoms with Crippen LogP contribution in [0.1, 0.15) is 64.7 Å². The van der Waals surface area contributed by atoms with Gasteiger partial charge in [-0.3, -0.25) is 9.59 Å². The van der Waals surface area contributed by atoms with Gasteiger partial charge in [-0.25, -0.2) is 0 Å². The lowest BCUT2D eigenvalue weighted by atomic mass is 10.1. The zero-order chi connectivity index (χ0) is 12.9. The van der Waals surface area contributed by atoms with E-state index in [0.29, 0.717) is 19.3 Å². The number of carboxylic acid groups (broad SMARTS) is 1. The van der Waals surface area contributed by atoms with Gasteiger partial charge in [0.2, 0.25) is 5.91 Å². The number of carbonyl (C=O) groups is 2. The number of aliphatic carboxylic acids is 1. The summed E-state index contributed by atoms with van der Waals surface area (Å²) < 4.78 is 0. The largest absolute Gasteiger partial charge is 0.481 e. The molecule has 0 aliphatic carbocycles. The zero-order valence-corrected chi connectivity index (χ0v) is 10.8. The lowest BCUT2D eigenvalue weighted by molar-refractivity contribution is -0.137. The van der Waals surface area contributed by atoms with Crippen molar-refractivity contribution in [3.63, 3.8) is 0 Å². The number of nitrogens with one attached hydrogen (secondary N) is 1. The van der Waals surface area contributed by atoms with Crippen LogP contribution in [0.2, 0.25) is 0 Å². The number of carbonyl (C=O) groups excluding carboxylic acids is 1. The summed E-state index contributed by atoms with van der Waals surface area (Å²) in [6.07, 6.45) is 7.80. The highest BCUT2D eigenvalue weighted by Gasteiger charge is 2.02. The Labute approximate surface area is 104 Å². The van der Waals surface area contributed by atoms with Crippen molar-refractivity contribution < 1.29 is 14.7 Å². The Morgan fingerprint density at radius 3 is 2.24 bits per heavy atom. The van der Waals surface area contributed by atoms with Crippen LogP contribution in [0.15, 0.2) is 0 Å². The summed E-state index contributed by atoms with van der Waals surface area (Å²) in [6.45, 7) is 2.93. The number of hydrogen-bond acceptors (Lipinski definition) is 2. The highest BCUT2D eigenvalue weighted by molar-refractivity contribution is 5.75. The molecule has 0 aromatic rings. The Kier molecular flexibility index (Phi) is 10.7. The van der Waals surface area contributed by atoms with Crippen molar-refractivity contribution in [3.8, 4) is 0 Å². The number of carboxylic acids is 1. The fourth-order valence-electron chi connectivity index (χ4n) is 1.61. The summed E-state index contributed by atoms with van der Waals surface area (Å²) in [5.41, 5.74) is 0. The van der Waals surface area contributed by atoms with Crippen LogP contribution in [-0.4, -0.2) is 23.5 Å². The second-order valence-corrected chi connectivity index (χ2v) is 4.37. The minimum atomic E-state index is -0.790. The maximum absolute atomic E-state index is 11.3. The van der Waals surface area contributed by atoms with Gasteiger partial charge < -0.3 is 10.4 Å². The standard InChI is InChI=1S/C13H25NO3/c1-2-3-4-5-8-11-14-12(15)9-6-7-10-13(16)17/h2-11H2,1H3,(H,14,15)(H,16,17). The Morgan fingerprint density at radius 2 is 1.59 bits per heavy atom.